The third kappa shape index (κ3) is 2.31. The first-order valence-electron chi connectivity index (χ1n) is 5.29. The summed E-state index contributed by atoms with van der Waals surface area (Å²) in [6, 6.07) is 9.37. The number of rotatable bonds is 3. The van der Waals surface area contributed by atoms with Crippen LogP contribution >= 0.6 is 11.8 Å². The first-order chi connectivity index (χ1) is 6.78. The van der Waals surface area contributed by atoms with Crippen molar-refractivity contribution < 1.29 is 0 Å². The molecule has 1 nitrogen and oxygen atoms in total. The fourth-order valence-corrected chi connectivity index (χ4v) is 3.06. The van der Waals surface area contributed by atoms with Crippen molar-refractivity contribution in [1.29, 1.82) is 0 Å². The van der Waals surface area contributed by atoms with Crippen LogP contribution in [0.2, 0.25) is 0 Å². The number of benzene rings is 1. The van der Waals surface area contributed by atoms with E-state index in [1.165, 1.54) is 23.3 Å². The van der Waals surface area contributed by atoms with Crippen LogP contribution in [0, 0.1) is 0 Å². The molecule has 0 atom stereocenters. The summed E-state index contributed by atoms with van der Waals surface area (Å²) in [7, 11) is 0. The Labute approximate surface area is 90.1 Å². The highest BCUT2D eigenvalue weighted by Gasteiger charge is 2.26. The average molecular weight is 207 g/mol. The normalized spacial score (nSPS) is 25.9. The largest absolute Gasteiger partial charge is 0.328 e. The quantitative estimate of drug-likeness (QED) is 0.825. The van der Waals surface area contributed by atoms with Gasteiger partial charge < -0.3 is 5.73 Å². The van der Waals surface area contributed by atoms with E-state index in [0.717, 1.165) is 11.7 Å². The lowest BCUT2D eigenvalue weighted by atomic mass is 9.94. The minimum absolute atomic E-state index is 0.461. The van der Waals surface area contributed by atoms with E-state index in [2.05, 4.69) is 31.2 Å². The van der Waals surface area contributed by atoms with Gasteiger partial charge in [0, 0.05) is 16.2 Å². The van der Waals surface area contributed by atoms with Gasteiger partial charge in [-0.15, -0.1) is 11.8 Å². The van der Waals surface area contributed by atoms with Crippen LogP contribution in [0.4, 0.5) is 0 Å². The molecular weight excluding hydrogens is 190 g/mol. The van der Waals surface area contributed by atoms with Crippen LogP contribution in [0.1, 0.15) is 25.3 Å². The third-order valence-corrected chi connectivity index (χ3v) is 4.03. The molecule has 0 radical (unpaired) electrons. The van der Waals surface area contributed by atoms with Crippen molar-refractivity contribution in [2.24, 2.45) is 5.73 Å². The van der Waals surface area contributed by atoms with Gasteiger partial charge in [0.25, 0.3) is 0 Å². The number of hydrogen-bond donors (Lipinski definition) is 1. The second-order valence-electron chi connectivity index (χ2n) is 3.97. The van der Waals surface area contributed by atoms with Gasteiger partial charge in [-0.2, -0.15) is 0 Å². The molecule has 1 fully saturated rings. The van der Waals surface area contributed by atoms with Gasteiger partial charge in [0.2, 0.25) is 0 Å². The number of thioether (sulfide) groups is 1. The molecule has 0 aromatic heterocycles. The molecule has 0 amide bonds. The fourth-order valence-electron chi connectivity index (χ4n) is 1.70. The molecule has 1 aromatic rings. The number of hydrogen-bond acceptors (Lipinski definition) is 2. The van der Waals surface area contributed by atoms with E-state index in [0.29, 0.717) is 6.04 Å². The predicted octanol–water partition coefficient (Wildman–Crippen LogP) is 2.83. The van der Waals surface area contributed by atoms with E-state index < -0.39 is 0 Å². The van der Waals surface area contributed by atoms with Crippen LogP contribution in [0.15, 0.2) is 29.2 Å². The summed E-state index contributed by atoms with van der Waals surface area (Å²) in [6.07, 6.45) is 3.49. The molecule has 0 heterocycles. The first kappa shape index (κ1) is 10.1. The Morgan fingerprint density at radius 1 is 1.29 bits per heavy atom. The summed E-state index contributed by atoms with van der Waals surface area (Å²) in [5.41, 5.74) is 7.17. The SMILES string of the molecule is CCc1ccc(SC2CC(N)C2)cc1. The Hall–Kier alpha value is -0.470. The van der Waals surface area contributed by atoms with Crippen molar-refractivity contribution in [2.45, 2.75) is 42.4 Å². The van der Waals surface area contributed by atoms with Crippen molar-refractivity contribution >= 4 is 11.8 Å². The third-order valence-electron chi connectivity index (χ3n) is 2.77. The summed E-state index contributed by atoms with van der Waals surface area (Å²) in [5.74, 6) is 0. The van der Waals surface area contributed by atoms with Gasteiger partial charge in [0.1, 0.15) is 0 Å². The van der Waals surface area contributed by atoms with Crippen LogP contribution in [-0.2, 0) is 6.42 Å². The molecule has 0 unspecified atom stereocenters. The molecular formula is C12H17NS. The van der Waals surface area contributed by atoms with Gasteiger partial charge in [0.15, 0.2) is 0 Å². The van der Waals surface area contributed by atoms with Crippen molar-refractivity contribution in [3.8, 4) is 0 Å². The van der Waals surface area contributed by atoms with Crippen LogP contribution in [0.5, 0.6) is 0 Å². The summed E-state index contributed by atoms with van der Waals surface area (Å²) in [6.45, 7) is 2.19. The summed E-state index contributed by atoms with van der Waals surface area (Å²) < 4.78 is 0. The van der Waals surface area contributed by atoms with Gasteiger partial charge in [-0.1, -0.05) is 19.1 Å². The van der Waals surface area contributed by atoms with E-state index in [1.54, 1.807) is 0 Å². The number of nitrogens with two attached hydrogens (primary N) is 1. The van der Waals surface area contributed by atoms with E-state index in [1.807, 2.05) is 11.8 Å². The van der Waals surface area contributed by atoms with Gasteiger partial charge in [-0.25, -0.2) is 0 Å². The fraction of sp³-hybridized carbons (Fsp3) is 0.500. The minimum atomic E-state index is 0.461. The summed E-state index contributed by atoms with van der Waals surface area (Å²) >= 11 is 1.97. The molecule has 14 heavy (non-hydrogen) atoms. The molecule has 0 bridgehead atoms. The van der Waals surface area contributed by atoms with Crippen molar-refractivity contribution in [1.82, 2.24) is 0 Å². The summed E-state index contributed by atoms with van der Waals surface area (Å²) in [4.78, 5) is 1.39. The zero-order valence-electron chi connectivity index (χ0n) is 8.57. The Balaban J connectivity index is 1.90. The highest BCUT2D eigenvalue weighted by molar-refractivity contribution is 8.00. The van der Waals surface area contributed by atoms with E-state index in [9.17, 15) is 0 Å². The maximum atomic E-state index is 5.75. The predicted molar refractivity (Wildman–Crippen MR) is 62.7 cm³/mol. The molecule has 0 spiro atoms. The molecule has 1 aliphatic carbocycles. The lowest BCUT2D eigenvalue weighted by molar-refractivity contribution is 0.433. The van der Waals surface area contributed by atoms with Crippen molar-refractivity contribution in [3.63, 3.8) is 0 Å². The molecule has 0 aliphatic heterocycles. The Bertz CT molecular complexity index is 288. The van der Waals surface area contributed by atoms with Crippen molar-refractivity contribution in [3.05, 3.63) is 29.8 Å². The zero-order valence-corrected chi connectivity index (χ0v) is 9.39. The smallest absolute Gasteiger partial charge is 0.0124 e. The maximum absolute atomic E-state index is 5.75. The Morgan fingerprint density at radius 2 is 1.93 bits per heavy atom. The Morgan fingerprint density at radius 3 is 2.43 bits per heavy atom. The summed E-state index contributed by atoms with van der Waals surface area (Å²) in [5, 5.41) is 0.762. The van der Waals surface area contributed by atoms with Crippen LogP contribution in [-0.4, -0.2) is 11.3 Å². The topological polar surface area (TPSA) is 26.0 Å². The molecule has 2 N–H and O–H groups in total. The highest BCUT2D eigenvalue weighted by atomic mass is 32.2. The molecule has 1 saturated carbocycles. The molecule has 1 aliphatic rings. The van der Waals surface area contributed by atoms with Crippen LogP contribution in [0.25, 0.3) is 0 Å². The molecule has 2 rings (SSSR count). The van der Waals surface area contributed by atoms with E-state index >= 15 is 0 Å². The second kappa shape index (κ2) is 4.37. The van der Waals surface area contributed by atoms with Crippen LogP contribution < -0.4 is 5.73 Å². The van der Waals surface area contributed by atoms with Gasteiger partial charge in [-0.3, -0.25) is 0 Å². The average Bonchev–Trinajstić information content (AvgIpc) is 2.17. The molecule has 2 heteroatoms. The second-order valence-corrected chi connectivity index (χ2v) is 5.34. The first-order valence-corrected chi connectivity index (χ1v) is 6.17. The van der Waals surface area contributed by atoms with Gasteiger partial charge in [0.05, 0.1) is 0 Å². The van der Waals surface area contributed by atoms with Crippen molar-refractivity contribution in [2.75, 3.05) is 0 Å². The minimum Gasteiger partial charge on any atom is -0.328 e. The van der Waals surface area contributed by atoms with Crippen LogP contribution in [0.3, 0.4) is 0 Å². The molecule has 1 aromatic carbocycles. The lowest BCUT2D eigenvalue weighted by Gasteiger charge is -2.31. The number of aryl methyl sites for hydroxylation is 1. The monoisotopic (exact) mass is 207 g/mol. The molecule has 0 saturated heterocycles. The zero-order chi connectivity index (χ0) is 9.97. The Kier molecular flexibility index (Phi) is 3.14. The van der Waals surface area contributed by atoms with E-state index in [4.69, 9.17) is 5.73 Å². The van der Waals surface area contributed by atoms with Gasteiger partial charge >= 0.3 is 0 Å². The lowest BCUT2D eigenvalue weighted by Crippen LogP contribution is -2.38. The van der Waals surface area contributed by atoms with E-state index in [-0.39, 0.29) is 0 Å². The maximum Gasteiger partial charge on any atom is 0.0124 e. The highest BCUT2D eigenvalue weighted by Crippen LogP contribution is 2.35. The standard InChI is InChI=1S/C12H17NS/c1-2-9-3-5-11(6-4-9)14-12-7-10(13)8-12/h3-6,10,12H,2,7-8,13H2,1H3. The molecule has 76 valence electrons. The van der Waals surface area contributed by atoms with Gasteiger partial charge in [-0.05, 0) is 37.0 Å².